The Balaban J connectivity index is 2.49. The van der Waals surface area contributed by atoms with E-state index in [0.29, 0.717) is 5.92 Å². The van der Waals surface area contributed by atoms with E-state index in [2.05, 4.69) is 75.0 Å². The quantitative estimate of drug-likeness (QED) is 0.646. The van der Waals surface area contributed by atoms with Crippen molar-refractivity contribution in [2.24, 2.45) is 0 Å². The van der Waals surface area contributed by atoms with Gasteiger partial charge in [0.05, 0.1) is 0 Å². The summed E-state index contributed by atoms with van der Waals surface area (Å²) in [7, 11) is 0. The second-order valence-electron chi connectivity index (χ2n) is 4.91. The van der Waals surface area contributed by atoms with E-state index < -0.39 is 0 Å². The molecule has 0 aliphatic heterocycles. The van der Waals surface area contributed by atoms with Crippen molar-refractivity contribution >= 4 is 0 Å². The second kappa shape index (κ2) is 5.68. The van der Waals surface area contributed by atoms with E-state index in [4.69, 9.17) is 0 Å². The van der Waals surface area contributed by atoms with Gasteiger partial charge in [-0.15, -0.1) is 6.58 Å². The molecular formula is C18H20. The first-order valence-electron chi connectivity index (χ1n) is 6.50. The van der Waals surface area contributed by atoms with Crippen molar-refractivity contribution in [3.8, 4) is 0 Å². The molecule has 0 saturated heterocycles. The molecule has 0 saturated carbocycles. The minimum atomic E-state index is 0.282. The predicted molar refractivity (Wildman–Crippen MR) is 79.0 cm³/mol. The van der Waals surface area contributed by atoms with Crippen molar-refractivity contribution < 1.29 is 0 Å². The molecule has 0 aromatic heterocycles. The lowest BCUT2D eigenvalue weighted by Crippen LogP contribution is -2.03. The normalized spacial score (nSPS) is 12.4. The Kier molecular flexibility index (Phi) is 3.99. The first kappa shape index (κ1) is 12.6. The number of hydrogen-bond donors (Lipinski definition) is 0. The van der Waals surface area contributed by atoms with E-state index >= 15 is 0 Å². The van der Waals surface area contributed by atoms with E-state index in [0.717, 1.165) is 0 Å². The molecule has 0 heterocycles. The maximum Gasteiger partial charge on any atom is 0.0269 e. The van der Waals surface area contributed by atoms with Crippen molar-refractivity contribution in [1.82, 2.24) is 0 Å². The molecule has 2 aromatic rings. The van der Waals surface area contributed by atoms with E-state index in [-0.39, 0.29) is 5.92 Å². The Morgan fingerprint density at radius 3 is 1.94 bits per heavy atom. The molecule has 0 aliphatic carbocycles. The molecule has 0 fully saturated rings. The maximum atomic E-state index is 4.01. The summed E-state index contributed by atoms with van der Waals surface area (Å²) in [5, 5.41) is 0. The van der Waals surface area contributed by atoms with Crippen LogP contribution in [0, 0.1) is 0 Å². The zero-order valence-electron chi connectivity index (χ0n) is 11.1. The monoisotopic (exact) mass is 236 g/mol. The Morgan fingerprint density at radius 1 is 0.833 bits per heavy atom. The van der Waals surface area contributed by atoms with Crippen LogP contribution in [-0.4, -0.2) is 0 Å². The molecule has 92 valence electrons. The molecule has 0 N–H and O–H groups in total. The molecule has 0 amide bonds. The van der Waals surface area contributed by atoms with Crippen LogP contribution >= 0.6 is 0 Å². The Morgan fingerprint density at radius 2 is 1.39 bits per heavy atom. The molecule has 1 atom stereocenters. The summed E-state index contributed by atoms with van der Waals surface area (Å²) >= 11 is 0. The number of hydrogen-bond acceptors (Lipinski definition) is 0. The van der Waals surface area contributed by atoms with Crippen LogP contribution in [0.5, 0.6) is 0 Å². The first-order chi connectivity index (χ1) is 8.74. The van der Waals surface area contributed by atoms with E-state index in [1.54, 1.807) is 0 Å². The fourth-order valence-corrected chi connectivity index (χ4v) is 2.42. The fourth-order valence-electron chi connectivity index (χ4n) is 2.42. The van der Waals surface area contributed by atoms with Crippen LogP contribution in [0.25, 0.3) is 0 Å². The first-order valence-corrected chi connectivity index (χ1v) is 6.50. The van der Waals surface area contributed by atoms with Gasteiger partial charge in [0.15, 0.2) is 0 Å². The minimum absolute atomic E-state index is 0.282. The third-order valence-electron chi connectivity index (χ3n) is 3.35. The van der Waals surface area contributed by atoms with E-state index in [1.165, 1.54) is 16.7 Å². The molecule has 0 nitrogen and oxygen atoms in total. The topological polar surface area (TPSA) is 0 Å². The zero-order valence-corrected chi connectivity index (χ0v) is 11.1. The summed E-state index contributed by atoms with van der Waals surface area (Å²) in [4.78, 5) is 0. The molecule has 0 bridgehead atoms. The van der Waals surface area contributed by atoms with Gasteiger partial charge in [-0.3, -0.25) is 0 Å². The van der Waals surface area contributed by atoms with Gasteiger partial charge in [0.2, 0.25) is 0 Å². The van der Waals surface area contributed by atoms with Gasteiger partial charge in [0.25, 0.3) is 0 Å². The second-order valence-corrected chi connectivity index (χ2v) is 4.91. The predicted octanol–water partition coefficient (Wildman–Crippen LogP) is 5.13. The van der Waals surface area contributed by atoms with Crippen LogP contribution in [-0.2, 0) is 0 Å². The lowest BCUT2D eigenvalue weighted by molar-refractivity contribution is 0.834. The SMILES string of the molecule is C=CC(c1ccccc1)c1ccccc1C(C)C. The molecule has 1 unspecified atom stereocenters. The van der Waals surface area contributed by atoms with Crippen LogP contribution in [0.4, 0.5) is 0 Å². The maximum absolute atomic E-state index is 4.01. The summed E-state index contributed by atoms with van der Waals surface area (Å²) in [6.45, 7) is 8.49. The summed E-state index contributed by atoms with van der Waals surface area (Å²) in [6.07, 6.45) is 2.04. The van der Waals surface area contributed by atoms with E-state index in [9.17, 15) is 0 Å². The third-order valence-corrected chi connectivity index (χ3v) is 3.35. The average molecular weight is 236 g/mol. The van der Waals surface area contributed by atoms with Gasteiger partial charge >= 0.3 is 0 Å². The van der Waals surface area contributed by atoms with Gasteiger partial charge in [-0.1, -0.05) is 74.5 Å². The average Bonchev–Trinajstić information content (AvgIpc) is 2.41. The van der Waals surface area contributed by atoms with Crippen LogP contribution < -0.4 is 0 Å². The largest absolute Gasteiger partial charge is 0.102 e. The van der Waals surface area contributed by atoms with Gasteiger partial charge in [-0.2, -0.15) is 0 Å². The third kappa shape index (κ3) is 2.53. The zero-order chi connectivity index (χ0) is 13.0. The molecule has 2 aromatic carbocycles. The molecule has 0 aliphatic rings. The van der Waals surface area contributed by atoms with Crippen LogP contribution in [0.2, 0.25) is 0 Å². The molecular weight excluding hydrogens is 216 g/mol. The summed E-state index contributed by atoms with van der Waals surface area (Å²) in [5.41, 5.74) is 4.08. The van der Waals surface area contributed by atoms with Crippen molar-refractivity contribution in [3.63, 3.8) is 0 Å². The highest BCUT2D eigenvalue weighted by Crippen LogP contribution is 2.31. The molecule has 0 spiro atoms. The van der Waals surface area contributed by atoms with Gasteiger partial charge < -0.3 is 0 Å². The standard InChI is InChI=1S/C18H20/c1-4-16(15-10-6-5-7-11-15)18-13-9-8-12-17(18)14(2)3/h4-14,16H,1H2,2-3H3. The Bertz CT molecular complexity index is 509. The van der Waals surface area contributed by atoms with E-state index in [1.807, 2.05) is 6.08 Å². The number of rotatable bonds is 4. The lowest BCUT2D eigenvalue weighted by Gasteiger charge is -2.19. The molecule has 0 heteroatoms. The summed E-state index contributed by atoms with van der Waals surface area (Å²) < 4.78 is 0. The van der Waals surface area contributed by atoms with Crippen LogP contribution in [0.1, 0.15) is 42.4 Å². The van der Waals surface area contributed by atoms with Gasteiger partial charge in [-0.25, -0.2) is 0 Å². The van der Waals surface area contributed by atoms with Crippen molar-refractivity contribution in [1.29, 1.82) is 0 Å². The van der Waals surface area contributed by atoms with Gasteiger partial charge in [0, 0.05) is 5.92 Å². The summed E-state index contributed by atoms with van der Waals surface area (Å²) in [5.74, 6) is 0.817. The van der Waals surface area contributed by atoms with Crippen LogP contribution in [0.3, 0.4) is 0 Å². The van der Waals surface area contributed by atoms with Crippen molar-refractivity contribution in [2.45, 2.75) is 25.7 Å². The number of benzene rings is 2. The fraction of sp³-hybridized carbons (Fsp3) is 0.222. The van der Waals surface area contributed by atoms with Crippen molar-refractivity contribution in [3.05, 3.63) is 83.9 Å². The van der Waals surface area contributed by atoms with Crippen LogP contribution in [0.15, 0.2) is 67.3 Å². The van der Waals surface area contributed by atoms with Gasteiger partial charge in [-0.05, 0) is 22.6 Å². The highest BCUT2D eigenvalue weighted by molar-refractivity contribution is 5.42. The van der Waals surface area contributed by atoms with Gasteiger partial charge in [0.1, 0.15) is 0 Å². The highest BCUT2D eigenvalue weighted by atomic mass is 14.2. The lowest BCUT2D eigenvalue weighted by atomic mass is 9.85. The smallest absolute Gasteiger partial charge is 0.0269 e. The van der Waals surface area contributed by atoms with Crippen molar-refractivity contribution in [2.75, 3.05) is 0 Å². The summed E-state index contributed by atoms with van der Waals surface area (Å²) in [6, 6.07) is 19.2. The minimum Gasteiger partial charge on any atom is -0.102 e. The molecule has 18 heavy (non-hydrogen) atoms. The molecule has 2 rings (SSSR count). The molecule has 0 radical (unpaired) electrons. The highest BCUT2D eigenvalue weighted by Gasteiger charge is 2.15. The Labute approximate surface area is 110 Å². The number of allylic oxidation sites excluding steroid dienone is 1. The Hall–Kier alpha value is -1.82.